The Morgan fingerprint density at radius 3 is 2.96 bits per heavy atom. The molecule has 1 amide bonds. The van der Waals surface area contributed by atoms with Gasteiger partial charge in [0, 0.05) is 34.8 Å². The average molecular weight is 379 g/mol. The lowest BCUT2D eigenvalue weighted by Gasteiger charge is -2.10. The van der Waals surface area contributed by atoms with Gasteiger partial charge in [-0.1, -0.05) is 12.7 Å². The molecule has 0 saturated heterocycles. The average Bonchev–Trinajstić information content (AvgIpc) is 3.05. The summed E-state index contributed by atoms with van der Waals surface area (Å²) in [5.74, 6) is -1.00. The molecule has 0 radical (unpaired) electrons. The number of benzene rings is 1. The second-order valence-corrected chi connectivity index (χ2v) is 6.84. The van der Waals surface area contributed by atoms with E-state index in [4.69, 9.17) is 0 Å². The zero-order valence-corrected chi connectivity index (χ0v) is 14.6. The van der Waals surface area contributed by atoms with Crippen molar-refractivity contribution in [2.24, 2.45) is 5.92 Å². The largest absolute Gasteiger partial charge is 0.309 e. The summed E-state index contributed by atoms with van der Waals surface area (Å²) in [6.45, 7) is 3.73. The number of amides is 1. The van der Waals surface area contributed by atoms with Crippen LogP contribution in [-0.4, -0.2) is 31.9 Å². The van der Waals surface area contributed by atoms with Crippen LogP contribution in [0.3, 0.4) is 0 Å². The Bertz CT molecular complexity index is 1260. The zero-order chi connectivity index (χ0) is 19.4. The van der Waals surface area contributed by atoms with Gasteiger partial charge in [-0.05, 0) is 24.1 Å². The first kappa shape index (κ1) is 16.6. The fraction of sp³-hybridized carbons (Fsp3) is 0.150. The molecule has 1 aliphatic rings. The van der Waals surface area contributed by atoms with E-state index >= 15 is 0 Å². The highest BCUT2D eigenvalue weighted by Gasteiger charge is 2.43. The van der Waals surface area contributed by atoms with Gasteiger partial charge in [0.1, 0.15) is 12.0 Å². The molecular formula is C20H15F2N5O. The van der Waals surface area contributed by atoms with Crippen molar-refractivity contribution in [3.05, 3.63) is 54.6 Å². The number of nitrogens with one attached hydrogen (secondary N) is 2. The summed E-state index contributed by atoms with van der Waals surface area (Å²) in [7, 11) is 0. The van der Waals surface area contributed by atoms with Crippen LogP contribution in [-0.2, 0) is 4.79 Å². The first-order valence-corrected chi connectivity index (χ1v) is 8.78. The number of fused-ring (bicyclic) bond motifs is 2. The quantitative estimate of drug-likeness (QED) is 0.564. The number of H-pyrrole nitrogens is 1. The molecule has 6 nitrogen and oxygen atoms in total. The van der Waals surface area contributed by atoms with E-state index in [2.05, 4.69) is 27.2 Å². The molecule has 4 aromatic rings. The summed E-state index contributed by atoms with van der Waals surface area (Å²) in [5.41, 5.74) is 3.11. The van der Waals surface area contributed by atoms with E-state index < -0.39 is 17.9 Å². The molecule has 1 aliphatic carbocycles. The van der Waals surface area contributed by atoms with E-state index in [9.17, 15) is 13.6 Å². The second kappa shape index (κ2) is 5.98. The Balaban J connectivity index is 1.59. The van der Waals surface area contributed by atoms with Gasteiger partial charge in [-0.3, -0.25) is 9.89 Å². The lowest BCUT2D eigenvalue weighted by molar-refractivity contribution is -0.117. The number of pyridine rings is 1. The van der Waals surface area contributed by atoms with Crippen molar-refractivity contribution in [3.63, 3.8) is 0 Å². The molecular weight excluding hydrogens is 364 g/mol. The maximum atomic E-state index is 14.5. The van der Waals surface area contributed by atoms with Crippen LogP contribution in [0.2, 0.25) is 0 Å². The lowest BCUT2D eigenvalue weighted by atomic mass is 9.96. The summed E-state index contributed by atoms with van der Waals surface area (Å²) in [5, 5.41) is 14.5. The van der Waals surface area contributed by atoms with Crippen LogP contribution in [0.15, 0.2) is 43.2 Å². The molecule has 8 heteroatoms. The van der Waals surface area contributed by atoms with Crippen molar-refractivity contribution in [1.82, 2.24) is 19.8 Å². The maximum Gasteiger partial charge on any atom is 0.231 e. The molecule has 3 aromatic heterocycles. The zero-order valence-electron chi connectivity index (χ0n) is 14.6. The Kier molecular flexibility index (Phi) is 3.55. The number of nitrogens with zero attached hydrogens (tertiary/aromatic N) is 3. The summed E-state index contributed by atoms with van der Waals surface area (Å²) < 4.78 is 29.1. The second-order valence-electron chi connectivity index (χ2n) is 6.84. The third-order valence-corrected chi connectivity index (χ3v) is 4.99. The number of alkyl halides is 1. The normalized spacial score (nSPS) is 18.5. The van der Waals surface area contributed by atoms with Crippen LogP contribution in [0, 0.1) is 11.7 Å². The van der Waals surface area contributed by atoms with Crippen LogP contribution >= 0.6 is 0 Å². The number of aromatic amines is 1. The maximum absolute atomic E-state index is 14.5. The molecule has 3 heterocycles. The highest BCUT2D eigenvalue weighted by Crippen LogP contribution is 2.36. The fourth-order valence-corrected chi connectivity index (χ4v) is 3.45. The van der Waals surface area contributed by atoms with E-state index in [1.807, 2.05) is 6.07 Å². The Labute approximate surface area is 157 Å². The van der Waals surface area contributed by atoms with Crippen molar-refractivity contribution in [1.29, 1.82) is 0 Å². The molecule has 0 aliphatic heterocycles. The number of carbonyl (C=O) groups excluding carboxylic acids is 1. The van der Waals surface area contributed by atoms with Gasteiger partial charge >= 0.3 is 0 Å². The molecule has 2 atom stereocenters. The van der Waals surface area contributed by atoms with E-state index in [-0.39, 0.29) is 12.3 Å². The summed E-state index contributed by atoms with van der Waals surface area (Å²) >= 11 is 0. The van der Waals surface area contributed by atoms with Crippen molar-refractivity contribution >= 4 is 34.2 Å². The number of hydrogen-bond donors (Lipinski definition) is 2. The number of carbonyl (C=O) groups is 1. The van der Waals surface area contributed by atoms with Gasteiger partial charge in [0.15, 0.2) is 5.82 Å². The van der Waals surface area contributed by atoms with Crippen LogP contribution in [0.25, 0.3) is 33.6 Å². The van der Waals surface area contributed by atoms with Crippen LogP contribution < -0.4 is 5.32 Å². The Morgan fingerprint density at radius 1 is 1.39 bits per heavy atom. The summed E-state index contributed by atoms with van der Waals surface area (Å²) in [6.07, 6.45) is 4.04. The molecule has 0 unspecified atom stereocenters. The Hall–Kier alpha value is -3.55. The summed E-state index contributed by atoms with van der Waals surface area (Å²) in [4.78, 5) is 11.9. The molecule has 1 saturated carbocycles. The van der Waals surface area contributed by atoms with Crippen molar-refractivity contribution < 1.29 is 13.6 Å². The van der Waals surface area contributed by atoms with E-state index in [1.54, 1.807) is 29.0 Å². The third kappa shape index (κ3) is 2.57. The summed E-state index contributed by atoms with van der Waals surface area (Å²) in [6, 6.07) is 6.73. The van der Waals surface area contributed by atoms with Crippen molar-refractivity contribution in [2.45, 2.75) is 12.6 Å². The van der Waals surface area contributed by atoms with Gasteiger partial charge in [-0.15, -0.1) is 0 Å². The minimum atomic E-state index is -1.06. The lowest BCUT2D eigenvalue weighted by Crippen LogP contribution is -2.15. The first-order chi connectivity index (χ1) is 13.5. The number of aromatic nitrogens is 4. The molecule has 1 aromatic carbocycles. The first-order valence-electron chi connectivity index (χ1n) is 8.78. The molecule has 1 fully saturated rings. The molecule has 0 spiro atoms. The van der Waals surface area contributed by atoms with Gasteiger partial charge in [-0.25, -0.2) is 13.3 Å². The van der Waals surface area contributed by atoms with Crippen LogP contribution in [0.1, 0.15) is 12.0 Å². The van der Waals surface area contributed by atoms with Crippen LogP contribution in [0.4, 0.5) is 14.6 Å². The monoisotopic (exact) mass is 379 g/mol. The number of halogens is 2. The molecule has 140 valence electrons. The number of hydrogen-bond acceptors (Lipinski definition) is 3. The molecule has 2 N–H and O–H groups in total. The van der Waals surface area contributed by atoms with E-state index in [0.717, 1.165) is 10.9 Å². The SMILES string of the molecule is C=Cc1c(F)cc2[nH]ncc2c1-c1ccn2nc(NC(=O)[C@@H]3C[C@@H]3F)cc2c1. The number of anilines is 1. The molecule has 5 rings (SSSR count). The van der Waals surface area contributed by atoms with Gasteiger partial charge in [0.05, 0.1) is 23.1 Å². The highest BCUT2D eigenvalue weighted by atomic mass is 19.1. The molecule has 0 bridgehead atoms. The number of rotatable bonds is 4. The molecule has 28 heavy (non-hydrogen) atoms. The standard InChI is InChI=1S/C20H15F2N5O/c1-2-12-16(22)8-17-14(9-23-25-17)19(12)10-3-4-27-11(5-10)6-18(26-27)24-20(28)13-7-15(13)21/h2-6,8-9,13,15H,1,7H2,(H,23,25)(H,24,26,28)/t13-,15+/m1/s1. The van der Waals surface area contributed by atoms with Gasteiger partial charge in [-0.2, -0.15) is 10.2 Å². The van der Waals surface area contributed by atoms with Gasteiger partial charge < -0.3 is 5.32 Å². The van der Waals surface area contributed by atoms with Gasteiger partial charge in [0.2, 0.25) is 5.91 Å². The highest BCUT2D eigenvalue weighted by molar-refractivity contribution is 5.99. The smallest absolute Gasteiger partial charge is 0.231 e. The Morgan fingerprint density at radius 2 is 2.21 bits per heavy atom. The minimum Gasteiger partial charge on any atom is -0.309 e. The predicted octanol–water partition coefficient (Wildman–Crippen LogP) is 3.96. The predicted molar refractivity (Wildman–Crippen MR) is 102 cm³/mol. The minimum absolute atomic E-state index is 0.258. The van der Waals surface area contributed by atoms with Crippen molar-refractivity contribution in [2.75, 3.05) is 5.32 Å². The topological polar surface area (TPSA) is 75.1 Å². The fourth-order valence-electron chi connectivity index (χ4n) is 3.45. The van der Waals surface area contributed by atoms with E-state index in [1.165, 1.54) is 12.1 Å². The van der Waals surface area contributed by atoms with Gasteiger partial charge in [0.25, 0.3) is 0 Å². The van der Waals surface area contributed by atoms with Crippen LogP contribution in [0.5, 0.6) is 0 Å². The van der Waals surface area contributed by atoms with E-state index in [0.29, 0.717) is 28.0 Å². The van der Waals surface area contributed by atoms with Crippen molar-refractivity contribution in [3.8, 4) is 11.1 Å². The third-order valence-electron chi connectivity index (χ3n) is 4.99.